The molecular weight excluding hydrogens is 471 g/mol. The second kappa shape index (κ2) is 9.92. The third kappa shape index (κ3) is 6.32. The lowest BCUT2D eigenvalue weighted by molar-refractivity contribution is -0.905. The van der Waals surface area contributed by atoms with E-state index in [2.05, 4.69) is 10.6 Å². The van der Waals surface area contributed by atoms with Crippen molar-refractivity contribution in [3.8, 4) is 11.5 Å². The maximum atomic E-state index is 12.5. The van der Waals surface area contributed by atoms with Crippen molar-refractivity contribution in [2.45, 2.75) is 0 Å². The first-order valence-electron chi connectivity index (χ1n) is 10.2. The van der Waals surface area contributed by atoms with E-state index in [9.17, 15) is 19.8 Å². The summed E-state index contributed by atoms with van der Waals surface area (Å²) < 4.78 is 0.474. The van der Waals surface area contributed by atoms with Crippen LogP contribution in [0.15, 0.2) is 24.3 Å². The van der Waals surface area contributed by atoms with Gasteiger partial charge in [-0.25, -0.2) is 0 Å². The fraction of sp³-hybridized carbons (Fsp3) is 0.333. The van der Waals surface area contributed by atoms with Crippen LogP contribution in [-0.4, -0.2) is 77.7 Å². The fourth-order valence-electron chi connectivity index (χ4n) is 3.59. The van der Waals surface area contributed by atoms with Gasteiger partial charge in [-0.1, -0.05) is 23.2 Å². The number of nitrogens with one attached hydrogen (secondary N) is 2. The molecule has 8 N–H and O–H groups in total. The number of phenols is 2. The average Bonchev–Trinajstić information content (AvgIpc) is 2.72. The van der Waals surface area contributed by atoms with Crippen molar-refractivity contribution in [1.82, 2.24) is 4.90 Å². The first-order valence-corrected chi connectivity index (χ1v) is 10.9. The summed E-state index contributed by atoms with van der Waals surface area (Å²) in [6.45, 7) is 2.82. The Balaban J connectivity index is 1.50. The highest BCUT2D eigenvalue weighted by Gasteiger charge is 2.32. The van der Waals surface area contributed by atoms with Crippen LogP contribution in [0.2, 0.25) is 10.0 Å². The monoisotopic (exact) mass is 497 g/mol. The summed E-state index contributed by atoms with van der Waals surface area (Å²) in [4.78, 5) is 26.9. The molecule has 0 saturated carbocycles. The number of amides is 2. The summed E-state index contributed by atoms with van der Waals surface area (Å²) in [6, 6.07) is 5.38. The molecule has 0 aliphatic carbocycles. The van der Waals surface area contributed by atoms with Crippen LogP contribution in [0.3, 0.4) is 0 Å². The molecule has 0 spiro atoms. The minimum absolute atomic E-state index is 0.130. The molecule has 0 aromatic heterocycles. The van der Waals surface area contributed by atoms with Crippen LogP contribution in [0.1, 0.15) is 0 Å². The van der Waals surface area contributed by atoms with Crippen LogP contribution in [-0.2, 0) is 9.59 Å². The Hall–Kier alpha value is -2.92. The molecular formula is C21H27Cl2N6O4+. The molecule has 3 rings (SSSR count). The quantitative estimate of drug-likeness (QED) is 0.202. The Kier molecular flexibility index (Phi) is 7.43. The molecule has 1 heterocycles. The number of halogens is 2. The second-order valence-corrected chi connectivity index (χ2v) is 9.19. The topological polar surface area (TPSA) is 154 Å². The van der Waals surface area contributed by atoms with Crippen molar-refractivity contribution in [1.29, 1.82) is 0 Å². The highest BCUT2D eigenvalue weighted by molar-refractivity contribution is 6.34. The number of hydrogen-bond acceptors (Lipinski definition) is 7. The molecule has 178 valence electrons. The number of piperazine rings is 1. The third-order valence-corrected chi connectivity index (χ3v) is 6.24. The summed E-state index contributed by atoms with van der Waals surface area (Å²) in [5.41, 5.74) is 12.1. The predicted molar refractivity (Wildman–Crippen MR) is 130 cm³/mol. The lowest BCUT2D eigenvalue weighted by atomic mass is 10.2. The van der Waals surface area contributed by atoms with Gasteiger partial charge in [0.2, 0.25) is 5.91 Å². The Bertz CT molecular complexity index is 1070. The number of likely N-dealkylation sites (N-methyl/N-ethyl adjacent to an activating group) is 1. The van der Waals surface area contributed by atoms with E-state index in [0.717, 1.165) is 0 Å². The zero-order valence-corrected chi connectivity index (χ0v) is 19.6. The highest BCUT2D eigenvalue weighted by atomic mass is 35.5. The minimum Gasteiger partial charge on any atom is -0.506 e. The normalized spacial score (nSPS) is 15.7. The van der Waals surface area contributed by atoms with E-state index in [1.165, 1.54) is 24.3 Å². The van der Waals surface area contributed by atoms with Gasteiger partial charge >= 0.3 is 0 Å². The molecule has 1 aliphatic rings. The average molecular weight is 498 g/mol. The van der Waals surface area contributed by atoms with Gasteiger partial charge in [-0.3, -0.25) is 14.5 Å². The Morgan fingerprint density at radius 2 is 1.39 bits per heavy atom. The number of hydrogen-bond donors (Lipinski definition) is 6. The standard InChI is InChI=1S/C21H26Cl2N6O4/c1-29(11-21(33)27-17-7-13(23)15(25)9-19(17)31)4-2-28(3-5-29)10-20(32)26-16-6-12(22)14(24)8-18(16)30/h6-9H,2-5,10-11,24-25H2,1H3,(H3-,26,27,30,31,32,33)/p+1. The number of nitrogens with two attached hydrogens (primary N) is 2. The number of benzene rings is 2. The van der Waals surface area contributed by atoms with E-state index in [-0.39, 0.29) is 69.2 Å². The summed E-state index contributed by atoms with van der Waals surface area (Å²) >= 11 is 11.9. The van der Waals surface area contributed by atoms with Gasteiger partial charge in [0.1, 0.15) is 11.5 Å². The van der Waals surface area contributed by atoms with Gasteiger partial charge in [-0.05, 0) is 12.1 Å². The number of rotatable bonds is 6. The Labute approximate surface area is 201 Å². The van der Waals surface area contributed by atoms with E-state index in [4.69, 9.17) is 34.7 Å². The lowest BCUT2D eigenvalue weighted by Crippen LogP contribution is -2.60. The zero-order chi connectivity index (χ0) is 24.3. The second-order valence-electron chi connectivity index (χ2n) is 8.38. The van der Waals surface area contributed by atoms with Gasteiger partial charge < -0.3 is 36.8 Å². The van der Waals surface area contributed by atoms with E-state index >= 15 is 0 Å². The van der Waals surface area contributed by atoms with Gasteiger partial charge in [0.15, 0.2) is 6.54 Å². The smallest absolute Gasteiger partial charge is 0.279 e. The largest absolute Gasteiger partial charge is 0.506 e. The summed E-state index contributed by atoms with van der Waals surface area (Å²) in [5.74, 6) is -0.879. The molecule has 1 aliphatic heterocycles. The van der Waals surface area contributed by atoms with Crippen molar-refractivity contribution < 1.29 is 24.3 Å². The first-order chi connectivity index (χ1) is 15.5. The molecule has 10 nitrogen and oxygen atoms in total. The van der Waals surface area contributed by atoms with Crippen LogP contribution < -0.4 is 22.1 Å². The van der Waals surface area contributed by atoms with Crippen LogP contribution in [0.4, 0.5) is 22.7 Å². The number of phenolic OH excluding ortho intramolecular Hbond substituents is 2. The predicted octanol–water partition coefficient (Wildman–Crippen LogP) is 1.91. The van der Waals surface area contributed by atoms with Gasteiger partial charge in [-0.15, -0.1) is 0 Å². The van der Waals surface area contributed by atoms with Gasteiger partial charge in [0, 0.05) is 25.2 Å². The van der Waals surface area contributed by atoms with E-state index in [1.54, 1.807) is 0 Å². The van der Waals surface area contributed by atoms with Gasteiger partial charge in [0.05, 0.1) is 59.5 Å². The number of anilines is 4. The molecule has 2 amide bonds. The molecule has 1 fully saturated rings. The van der Waals surface area contributed by atoms with E-state index in [0.29, 0.717) is 30.7 Å². The zero-order valence-electron chi connectivity index (χ0n) is 18.1. The molecule has 0 atom stereocenters. The number of aromatic hydroxyl groups is 2. The molecule has 33 heavy (non-hydrogen) atoms. The van der Waals surface area contributed by atoms with Crippen molar-refractivity contribution in [2.75, 3.05) is 68.4 Å². The first kappa shape index (κ1) is 24.7. The Morgan fingerprint density at radius 1 is 0.939 bits per heavy atom. The van der Waals surface area contributed by atoms with Gasteiger partial charge in [0.25, 0.3) is 5.91 Å². The third-order valence-electron chi connectivity index (χ3n) is 5.58. The maximum Gasteiger partial charge on any atom is 0.279 e. The van der Waals surface area contributed by atoms with Gasteiger partial charge in [-0.2, -0.15) is 0 Å². The number of carbonyl (C=O) groups is 2. The SMILES string of the molecule is C[N+]1(CC(=O)Nc2cc(Cl)c(N)cc2O)CCN(CC(=O)Nc2cc(Cl)c(N)cc2O)CC1. The molecule has 1 saturated heterocycles. The van der Waals surface area contributed by atoms with E-state index in [1.807, 2.05) is 11.9 Å². The maximum absolute atomic E-state index is 12.5. The lowest BCUT2D eigenvalue weighted by Gasteiger charge is -2.41. The fourth-order valence-corrected chi connectivity index (χ4v) is 3.92. The number of nitrogen functional groups attached to an aromatic ring is 2. The molecule has 0 bridgehead atoms. The summed E-state index contributed by atoms with van der Waals surface area (Å²) in [5, 5.41) is 25.7. The number of nitrogens with zero attached hydrogens (tertiary/aromatic N) is 2. The molecule has 2 aromatic carbocycles. The van der Waals surface area contributed by atoms with Crippen LogP contribution >= 0.6 is 23.2 Å². The van der Waals surface area contributed by atoms with Crippen molar-refractivity contribution in [2.24, 2.45) is 0 Å². The molecule has 2 aromatic rings. The molecule has 0 unspecified atom stereocenters. The summed E-state index contributed by atoms with van der Waals surface area (Å²) in [7, 11) is 1.96. The van der Waals surface area contributed by atoms with E-state index < -0.39 is 0 Å². The van der Waals surface area contributed by atoms with Crippen molar-refractivity contribution in [3.63, 3.8) is 0 Å². The van der Waals surface area contributed by atoms with Crippen LogP contribution in [0.5, 0.6) is 11.5 Å². The molecule has 12 heteroatoms. The van der Waals surface area contributed by atoms with Crippen LogP contribution in [0, 0.1) is 0 Å². The summed E-state index contributed by atoms with van der Waals surface area (Å²) in [6.07, 6.45) is 0. The van der Waals surface area contributed by atoms with Crippen molar-refractivity contribution in [3.05, 3.63) is 34.3 Å². The minimum atomic E-state index is -0.296. The van der Waals surface area contributed by atoms with Crippen molar-refractivity contribution >= 4 is 57.8 Å². The highest BCUT2D eigenvalue weighted by Crippen LogP contribution is 2.33. The Morgan fingerprint density at radius 3 is 1.88 bits per heavy atom. The number of quaternary nitrogens is 1. The molecule has 0 radical (unpaired) electrons. The number of carbonyl (C=O) groups excluding carboxylic acids is 2. The van der Waals surface area contributed by atoms with Crippen LogP contribution in [0.25, 0.3) is 0 Å².